The van der Waals surface area contributed by atoms with Crippen molar-refractivity contribution in [2.45, 2.75) is 20.0 Å². The van der Waals surface area contributed by atoms with Crippen LogP contribution in [0.5, 0.6) is 5.75 Å². The van der Waals surface area contributed by atoms with Crippen molar-refractivity contribution < 1.29 is 9.53 Å². The summed E-state index contributed by atoms with van der Waals surface area (Å²) in [6, 6.07) is 15.1. The minimum Gasteiger partial charge on any atom is -0.489 e. The van der Waals surface area contributed by atoms with Gasteiger partial charge in [0.25, 0.3) is 5.91 Å². The number of carbonyl (C=O) groups excluding carboxylic acids is 1. The minimum absolute atomic E-state index is 0.0834. The fraction of sp³-hybridized carbons (Fsp3) is 0.200. The molecule has 0 unspecified atom stereocenters. The molecule has 4 nitrogen and oxygen atoms in total. The molecule has 0 bridgehead atoms. The molecule has 6 heteroatoms. The van der Waals surface area contributed by atoms with Crippen LogP contribution >= 0.6 is 23.8 Å². The SMILES string of the molecule is CCCN1C(=O)/C(=C/c2ccc(OCc3ccc(Cl)cc3)cc2)NC1=S. The second-order valence-corrected chi connectivity index (χ2v) is 6.75. The maximum absolute atomic E-state index is 12.3. The molecule has 3 rings (SSSR count). The van der Waals surface area contributed by atoms with Gasteiger partial charge in [-0.1, -0.05) is 42.8 Å². The molecule has 1 fully saturated rings. The van der Waals surface area contributed by atoms with Crippen molar-refractivity contribution in [3.63, 3.8) is 0 Å². The largest absolute Gasteiger partial charge is 0.489 e. The molecule has 1 N–H and O–H groups in total. The number of thiocarbonyl (C=S) groups is 1. The fourth-order valence-electron chi connectivity index (χ4n) is 2.57. The Morgan fingerprint density at radius 2 is 1.85 bits per heavy atom. The van der Waals surface area contributed by atoms with Crippen LogP contribution in [-0.4, -0.2) is 22.5 Å². The number of halogens is 1. The van der Waals surface area contributed by atoms with E-state index in [1.807, 2.05) is 55.5 Å². The zero-order valence-corrected chi connectivity index (χ0v) is 15.9. The van der Waals surface area contributed by atoms with Gasteiger partial charge in [0.15, 0.2) is 5.11 Å². The highest BCUT2D eigenvalue weighted by Crippen LogP contribution is 2.19. The van der Waals surface area contributed by atoms with Gasteiger partial charge in [-0.2, -0.15) is 0 Å². The summed E-state index contributed by atoms with van der Waals surface area (Å²) in [5.41, 5.74) is 2.45. The number of amides is 1. The van der Waals surface area contributed by atoms with Gasteiger partial charge >= 0.3 is 0 Å². The average Bonchev–Trinajstić information content (AvgIpc) is 2.90. The van der Waals surface area contributed by atoms with Crippen LogP contribution in [0.2, 0.25) is 5.02 Å². The number of nitrogens with zero attached hydrogens (tertiary/aromatic N) is 1. The number of benzene rings is 2. The summed E-state index contributed by atoms with van der Waals surface area (Å²) in [5.74, 6) is 0.677. The molecule has 0 radical (unpaired) electrons. The summed E-state index contributed by atoms with van der Waals surface area (Å²) < 4.78 is 5.77. The van der Waals surface area contributed by atoms with E-state index in [4.69, 9.17) is 28.6 Å². The average molecular weight is 387 g/mol. The Labute approximate surface area is 163 Å². The topological polar surface area (TPSA) is 41.6 Å². The van der Waals surface area contributed by atoms with Crippen molar-refractivity contribution in [1.82, 2.24) is 10.2 Å². The van der Waals surface area contributed by atoms with Crippen molar-refractivity contribution in [2.75, 3.05) is 6.54 Å². The molecular formula is C20H19ClN2O2S. The second-order valence-electron chi connectivity index (χ2n) is 5.93. The van der Waals surface area contributed by atoms with Crippen LogP contribution in [0.25, 0.3) is 6.08 Å². The quantitative estimate of drug-likeness (QED) is 0.590. The van der Waals surface area contributed by atoms with E-state index in [0.29, 0.717) is 29.0 Å². The van der Waals surface area contributed by atoms with Crippen LogP contribution in [0, 0.1) is 0 Å². The van der Waals surface area contributed by atoms with Crippen molar-refractivity contribution in [2.24, 2.45) is 0 Å². The Kier molecular flexibility index (Phi) is 5.91. The van der Waals surface area contributed by atoms with Gasteiger partial charge < -0.3 is 10.1 Å². The third-order valence-electron chi connectivity index (χ3n) is 3.92. The summed E-state index contributed by atoms with van der Waals surface area (Å²) in [5, 5.41) is 4.15. The van der Waals surface area contributed by atoms with Gasteiger partial charge in [0.1, 0.15) is 18.1 Å². The number of nitrogens with one attached hydrogen (secondary N) is 1. The van der Waals surface area contributed by atoms with Crippen LogP contribution in [0.3, 0.4) is 0 Å². The Balaban J connectivity index is 1.63. The van der Waals surface area contributed by atoms with Crippen molar-refractivity contribution in [3.05, 3.63) is 70.4 Å². The monoisotopic (exact) mass is 386 g/mol. The van der Waals surface area contributed by atoms with Gasteiger partial charge in [0.05, 0.1) is 0 Å². The smallest absolute Gasteiger partial charge is 0.276 e. The number of ether oxygens (including phenoxy) is 1. The van der Waals surface area contributed by atoms with Crippen LogP contribution in [-0.2, 0) is 11.4 Å². The zero-order valence-electron chi connectivity index (χ0n) is 14.4. The number of hydrogen-bond acceptors (Lipinski definition) is 3. The van der Waals surface area contributed by atoms with Crippen molar-refractivity contribution >= 4 is 40.9 Å². The molecule has 1 saturated heterocycles. The molecule has 0 aromatic heterocycles. The molecule has 134 valence electrons. The Hall–Kier alpha value is -2.37. The summed E-state index contributed by atoms with van der Waals surface area (Å²) in [6.07, 6.45) is 2.66. The van der Waals surface area contributed by atoms with Gasteiger partial charge in [0, 0.05) is 11.6 Å². The molecule has 1 amide bonds. The van der Waals surface area contributed by atoms with Gasteiger partial charge in [-0.25, -0.2) is 0 Å². The normalized spacial score (nSPS) is 15.5. The predicted molar refractivity (Wildman–Crippen MR) is 108 cm³/mol. The molecule has 0 atom stereocenters. The molecule has 0 saturated carbocycles. The van der Waals surface area contributed by atoms with Gasteiger partial charge in [-0.15, -0.1) is 0 Å². The Morgan fingerprint density at radius 3 is 2.50 bits per heavy atom. The van der Waals surface area contributed by atoms with E-state index in [0.717, 1.165) is 23.3 Å². The molecule has 2 aromatic carbocycles. The van der Waals surface area contributed by atoms with E-state index < -0.39 is 0 Å². The molecule has 1 heterocycles. The summed E-state index contributed by atoms with van der Waals surface area (Å²) in [4.78, 5) is 13.9. The first-order valence-corrected chi connectivity index (χ1v) is 9.17. The van der Waals surface area contributed by atoms with Crippen LogP contribution in [0.4, 0.5) is 0 Å². The van der Waals surface area contributed by atoms with Gasteiger partial charge in [0.2, 0.25) is 0 Å². The molecule has 1 aliphatic rings. The second kappa shape index (κ2) is 8.34. The van der Waals surface area contributed by atoms with Crippen LogP contribution in [0.1, 0.15) is 24.5 Å². The van der Waals surface area contributed by atoms with Gasteiger partial charge in [-0.05, 0) is 60.1 Å². The fourth-order valence-corrected chi connectivity index (χ4v) is 2.98. The lowest BCUT2D eigenvalue weighted by Crippen LogP contribution is -2.31. The molecule has 0 spiro atoms. The van der Waals surface area contributed by atoms with E-state index in [-0.39, 0.29) is 5.91 Å². The first-order valence-electron chi connectivity index (χ1n) is 8.38. The maximum Gasteiger partial charge on any atom is 0.276 e. The number of carbonyl (C=O) groups is 1. The van der Waals surface area contributed by atoms with E-state index >= 15 is 0 Å². The Bertz CT molecular complexity index is 832. The summed E-state index contributed by atoms with van der Waals surface area (Å²) in [6.45, 7) is 3.11. The Morgan fingerprint density at radius 1 is 1.15 bits per heavy atom. The maximum atomic E-state index is 12.3. The van der Waals surface area contributed by atoms with E-state index in [1.165, 1.54) is 0 Å². The van der Waals surface area contributed by atoms with Crippen LogP contribution < -0.4 is 10.1 Å². The molecular weight excluding hydrogens is 368 g/mol. The van der Waals surface area contributed by atoms with Crippen molar-refractivity contribution in [3.8, 4) is 5.75 Å². The third kappa shape index (κ3) is 4.42. The highest BCUT2D eigenvalue weighted by atomic mass is 35.5. The van der Waals surface area contributed by atoms with E-state index in [2.05, 4.69) is 5.32 Å². The number of rotatable bonds is 6. The third-order valence-corrected chi connectivity index (χ3v) is 4.49. The summed E-state index contributed by atoms with van der Waals surface area (Å²) in [7, 11) is 0. The lowest BCUT2D eigenvalue weighted by molar-refractivity contribution is -0.122. The van der Waals surface area contributed by atoms with Gasteiger partial charge in [-0.3, -0.25) is 9.69 Å². The lowest BCUT2D eigenvalue weighted by atomic mass is 10.2. The minimum atomic E-state index is -0.0834. The highest BCUT2D eigenvalue weighted by Gasteiger charge is 2.29. The van der Waals surface area contributed by atoms with E-state index in [9.17, 15) is 4.79 Å². The first-order chi connectivity index (χ1) is 12.6. The number of hydrogen-bond donors (Lipinski definition) is 1. The molecule has 1 aliphatic heterocycles. The first kappa shape index (κ1) is 18.4. The summed E-state index contributed by atoms with van der Waals surface area (Å²) >= 11 is 11.1. The van der Waals surface area contributed by atoms with Crippen LogP contribution in [0.15, 0.2) is 54.2 Å². The molecule has 26 heavy (non-hydrogen) atoms. The molecule has 2 aromatic rings. The lowest BCUT2D eigenvalue weighted by Gasteiger charge is -2.11. The van der Waals surface area contributed by atoms with Crippen molar-refractivity contribution in [1.29, 1.82) is 0 Å². The zero-order chi connectivity index (χ0) is 18.5. The highest BCUT2D eigenvalue weighted by molar-refractivity contribution is 7.80. The van der Waals surface area contributed by atoms with E-state index in [1.54, 1.807) is 11.0 Å². The predicted octanol–water partition coefficient (Wildman–Crippen LogP) is 4.39. The molecule has 0 aliphatic carbocycles. The standard InChI is InChI=1S/C20H19ClN2O2S/c1-2-11-23-19(24)18(22-20(23)26)12-14-5-9-17(10-6-14)25-13-15-3-7-16(21)8-4-15/h3-10,12H,2,11,13H2,1H3,(H,22,26)/b18-12-.